The highest BCUT2D eigenvalue weighted by Crippen LogP contribution is 2.15. The number of nitrogens with zero attached hydrogens (tertiary/aromatic N) is 2. The molecule has 5 nitrogen and oxygen atoms in total. The summed E-state index contributed by atoms with van der Waals surface area (Å²) in [6.45, 7) is 0.358. The molecule has 2 aromatic heterocycles. The lowest BCUT2D eigenvalue weighted by atomic mass is 10.2. The van der Waals surface area contributed by atoms with Gasteiger partial charge in [-0.25, -0.2) is 19.2 Å². The summed E-state index contributed by atoms with van der Waals surface area (Å²) in [6, 6.07) is 0.930. The minimum Gasteiger partial charge on any atom is -0.478 e. The van der Waals surface area contributed by atoms with E-state index in [-0.39, 0.29) is 11.4 Å². The smallest absolute Gasteiger partial charge is 0.339 e. The Hall–Kier alpha value is -2.02. The van der Waals surface area contributed by atoms with Crippen molar-refractivity contribution in [2.75, 3.05) is 5.32 Å². The zero-order valence-electron chi connectivity index (χ0n) is 8.55. The second-order valence-electron chi connectivity index (χ2n) is 3.13. The molecule has 0 spiro atoms. The molecule has 2 rings (SSSR count). The quantitative estimate of drug-likeness (QED) is 0.871. The van der Waals surface area contributed by atoms with Crippen LogP contribution in [0.5, 0.6) is 0 Å². The standard InChI is InChI=1S/C10H8FN3O2S/c11-6-3-7(10(15)16)9(13-4-6)14-5-8-12-1-2-17-8/h1-4H,5H2,(H,13,14)(H,15,16). The number of carboxylic acid groups (broad SMARTS) is 1. The number of rotatable bonds is 4. The molecule has 2 heterocycles. The lowest BCUT2D eigenvalue weighted by molar-refractivity contribution is 0.0697. The molecule has 2 N–H and O–H groups in total. The fourth-order valence-corrected chi connectivity index (χ4v) is 1.80. The van der Waals surface area contributed by atoms with Crippen LogP contribution in [0.2, 0.25) is 0 Å². The monoisotopic (exact) mass is 253 g/mol. The van der Waals surface area contributed by atoms with Crippen molar-refractivity contribution in [1.82, 2.24) is 9.97 Å². The summed E-state index contributed by atoms with van der Waals surface area (Å²) in [6.07, 6.45) is 2.62. The average Bonchev–Trinajstić information content (AvgIpc) is 2.80. The summed E-state index contributed by atoms with van der Waals surface area (Å²) in [5.74, 6) is -1.77. The molecule has 0 aliphatic heterocycles. The van der Waals surface area contributed by atoms with Crippen molar-refractivity contribution < 1.29 is 14.3 Å². The maximum absolute atomic E-state index is 12.9. The maximum atomic E-state index is 12.9. The largest absolute Gasteiger partial charge is 0.478 e. The zero-order valence-corrected chi connectivity index (χ0v) is 9.37. The number of carboxylic acids is 1. The Balaban J connectivity index is 2.17. The van der Waals surface area contributed by atoms with E-state index in [4.69, 9.17) is 5.11 Å². The molecular formula is C10H8FN3O2S. The normalized spacial score (nSPS) is 10.2. The lowest BCUT2D eigenvalue weighted by Crippen LogP contribution is -2.08. The molecule has 0 saturated carbocycles. The third kappa shape index (κ3) is 2.76. The lowest BCUT2D eigenvalue weighted by Gasteiger charge is -2.06. The number of halogens is 1. The highest BCUT2D eigenvalue weighted by Gasteiger charge is 2.12. The van der Waals surface area contributed by atoms with E-state index in [0.29, 0.717) is 6.54 Å². The summed E-state index contributed by atoms with van der Waals surface area (Å²) in [4.78, 5) is 18.6. The van der Waals surface area contributed by atoms with Gasteiger partial charge in [-0.3, -0.25) is 0 Å². The van der Waals surface area contributed by atoms with E-state index >= 15 is 0 Å². The Kier molecular flexibility index (Phi) is 3.29. The van der Waals surface area contributed by atoms with Crippen LogP contribution in [0.3, 0.4) is 0 Å². The van der Waals surface area contributed by atoms with E-state index in [9.17, 15) is 9.18 Å². The number of carbonyl (C=O) groups is 1. The molecule has 88 valence electrons. The van der Waals surface area contributed by atoms with E-state index in [1.54, 1.807) is 6.20 Å². The summed E-state index contributed by atoms with van der Waals surface area (Å²) in [5.41, 5.74) is -0.193. The Labute approximate surface area is 100.0 Å². The van der Waals surface area contributed by atoms with Crippen LogP contribution in [-0.4, -0.2) is 21.0 Å². The molecule has 2 aromatic rings. The topological polar surface area (TPSA) is 75.1 Å². The number of nitrogens with one attached hydrogen (secondary N) is 1. The number of aromatic nitrogens is 2. The first kappa shape index (κ1) is 11.5. The molecule has 0 bridgehead atoms. The Bertz CT molecular complexity index is 530. The first-order chi connectivity index (χ1) is 8.16. The van der Waals surface area contributed by atoms with Gasteiger partial charge < -0.3 is 10.4 Å². The summed E-state index contributed by atoms with van der Waals surface area (Å²) < 4.78 is 12.9. The van der Waals surface area contributed by atoms with Gasteiger partial charge in [0.2, 0.25) is 0 Å². The van der Waals surface area contributed by atoms with Gasteiger partial charge >= 0.3 is 5.97 Å². The Morgan fingerprint density at radius 1 is 1.53 bits per heavy atom. The highest BCUT2D eigenvalue weighted by atomic mass is 32.1. The van der Waals surface area contributed by atoms with Crippen LogP contribution < -0.4 is 5.32 Å². The predicted molar refractivity (Wildman–Crippen MR) is 60.6 cm³/mol. The van der Waals surface area contributed by atoms with Gasteiger partial charge in [0.05, 0.1) is 12.7 Å². The van der Waals surface area contributed by atoms with Crippen LogP contribution in [0.25, 0.3) is 0 Å². The van der Waals surface area contributed by atoms with Gasteiger partial charge in [0, 0.05) is 11.6 Å². The van der Waals surface area contributed by atoms with Gasteiger partial charge in [-0.2, -0.15) is 0 Å². The van der Waals surface area contributed by atoms with Crippen LogP contribution in [0, 0.1) is 5.82 Å². The SMILES string of the molecule is O=C(O)c1cc(F)cnc1NCc1nccs1. The molecule has 0 aliphatic carbocycles. The van der Waals surface area contributed by atoms with E-state index in [1.807, 2.05) is 5.38 Å². The maximum Gasteiger partial charge on any atom is 0.339 e. The first-order valence-corrected chi connectivity index (χ1v) is 5.56. The Morgan fingerprint density at radius 3 is 3.00 bits per heavy atom. The van der Waals surface area contributed by atoms with E-state index in [2.05, 4.69) is 15.3 Å². The van der Waals surface area contributed by atoms with Crippen molar-refractivity contribution in [3.05, 3.63) is 40.2 Å². The zero-order chi connectivity index (χ0) is 12.3. The van der Waals surface area contributed by atoms with E-state index in [0.717, 1.165) is 17.3 Å². The third-order valence-corrected chi connectivity index (χ3v) is 2.75. The van der Waals surface area contributed by atoms with Crippen LogP contribution in [-0.2, 0) is 6.54 Å². The minimum absolute atomic E-state index is 0.133. The molecule has 0 aromatic carbocycles. The Morgan fingerprint density at radius 2 is 2.35 bits per heavy atom. The van der Waals surface area contributed by atoms with Gasteiger partial charge in [-0.1, -0.05) is 0 Å². The van der Waals surface area contributed by atoms with Gasteiger partial charge in [0.1, 0.15) is 22.2 Å². The highest BCUT2D eigenvalue weighted by molar-refractivity contribution is 7.09. The van der Waals surface area contributed by atoms with Gasteiger partial charge in [0.25, 0.3) is 0 Å². The average molecular weight is 253 g/mol. The summed E-state index contributed by atoms with van der Waals surface area (Å²) in [5, 5.41) is 14.3. The summed E-state index contributed by atoms with van der Waals surface area (Å²) in [7, 11) is 0. The molecule has 17 heavy (non-hydrogen) atoms. The molecule has 0 fully saturated rings. The number of anilines is 1. The number of hydrogen-bond donors (Lipinski definition) is 2. The van der Waals surface area contributed by atoms with Crippen molar-refractivity contribution in [3.63, 3.8) is 0 Å². The van der Waals surface area contributed by atoms with Crippen LogP contribution in [0.1, 0.15) is 15.4 Å². The van der Waals surface area contributed by atoms with Crippen molar-refractivity contribution in [2.24, 2.45) is 0 Å². The van der Waals surface area contributed by atoms with Crippen LogP contribution >= 0.6 is 11.3 Å². The van der Waals surface area contributed by atoms with Gasteiger partial charge in [-0.05, 0) is 6.07 Å². The van der Waals surface area contributed by atoms with Crippen molar-refractivity contribution in [1.29, 1.82) is 0 Å². The van der Waals surface area contributed by atoms with Crippen molar-refractivity contribution >= 4 is 23.1 Å². The van der Waals surface area contributed by atoms with Gasteiger partial charge in [-0.15, -0.1) is 11.3 Å². The molecule has 0 atom stereocenters. The van der Waals surface area contributed by atoms with Crippen LogP contribution in [0.15, 0.2) is 23.8 Å². The van der Waals surface area contributed by atoms with E-state index in [1.165, 1.54) is 11.3 Å². The first-order valence-electron chi connectivity index (χ1n) is 4.68. The molecular weight excluding hydrogens is 245 g/mol. The van der Waals surface area contributed by atoms with Gasteiger partial charge in [0.15, 0.2) is 0 Å². The van der Waals surface area contributed by atoms with Crippen molar-refractivity contribution in [2.45, 2.75) is 6.54 Å². The predicted octanol–water partition coefficient (Wildman–Crippen LogP) is 1.99. The molecule has 0 unspecified atom stereocenters. The number of thiazole rings is 1. The second-order valence-corrected chi connectivity index (χ2v) is 4.11. The fourth-order valence-electron chi connectivity index (χ4n) is 1.24. The van der Waals surface area contributed by atoms with Crippen molar-refractivity contribution in [3.8, 4) is 0 Å². The fraction of sp³-hybridized carbons (Fsp3) is 0.100. The molecule has 0 radical (unpaired) electrons. The van der Waals surface area contributed by atoms with Crippen LogP contribution in [0.4, 0.5) is 10.2 Å². The summed E-state index contributed by atoms with van der Waals surface area (Å²) >= 11 is 1.44. The number of pyridine rings is 1. The molecule has 0 aliphatic rings. The minimum atomic E-state index is -1.22. The number of hydrogen-bond acceptors (Lipinski definition) is 5. The second kappa shape index (κ2) is 4.88. The third-order valence-electron chi connectivity index (χ3n) is 1.98. The molecule has 0 amide bonds. The number of aromatic carboxylic acids is 1. The van der Waals surface area contributed by atoms with E-state index < -0.39 is 11.8 Å². The molecule has 0 saturated heterocycles. The molecule has 7 heteroatoms.